The molecule has 0 aliphatic carbocycles. The standard InChI is InChI=1S/C20H22O6/c21-16-17(22)20(23-11-13-7-3-1-4-8-13)25-15-12-24-19(26-18(15)16)14-9-5-2-6-10-14/h1-10,15-22H,11-12H2/t15-,16-,17-,18-,19+,20+/m1/s1. The molecule has 6 heteroatoms. The fourth-order valence-electron chi connectivity index (χ4n) is 3.25. The van der Waals surface area contributed by atoms with Crippen molar-refractivity contribution in [3.63, 3.8) is 0 Å². The van der Waals surface area contributed by atoms with Crippen LogP contribution in [-0.2, 0) is 25.6 Å². The summed E-state index contributed by atoms with van der Waals surface area (Å²) in [5.74, 6) is 0. The minimum atomic E-state index is -1.20. The molecule has 2 aromatic carbocycles. The first-order valence-corrected chi connectivity index (χ1v) is 8.71. The van der Waals surface area contributed by atoms with Crippen molar-refractivity contribution in [1.29, 1.82) is 0 Å². The Morgan fingerprint density at radius 3 is 2.31 bits per heavy atom. The van der Waals surface area contributed by atoms with Crippen LogP contribution in [-0.4, -0.2) is 47.5 Å². The summed E-state index contributed by atoms with van der Waals surface area (Å²) in [5, 5.41) is 20.9. The lowest BCUT2D eigenvalue weighted by atomic mass is 9.98. The van der Waals surface area contributed by atoms with Crippen LogP contribution in [0.4, 0.5) is 0 Å². The molecule has 2 N–H and O–H groups in total. The highest BCUT2D eigenvalue weighted by Gasteiger charge is 2.49. The van der Waals surface area contributed by atoms with Gasteiger partial charge in [0.1, 0.15) is 24.4 Å². The predicted octanol–water partition coefficient (Wildman–Crippen LogP) is 1.76. The van der Waals surface area contributed by atoms with E-state index in [1.165, 1.54) is 0 Å². The molecule has 6 nitrogen and oxygen atoms in total. The highest BCUT2D eigenvalue weighted by molar-refractivity contribution is 5.17. The number of aliphatic hydroxyl groups is 2. The third-order valence-corrected chi connectivity index (χ3v) is 4.66. The van der Waals surface area contributed by atoms with Crippen molar-refractivity contribution in [1.82, 2.24) is 0 Å². The zero-order valence-electron chi connectivity index (χ0n) is 14.2. The molecule has 2 aliphatic heterocycles. The van der Waals surface area contributed by atoms with Gasteiger partial charge in [0, 0.05) is 5.56 Å². The molecule has 0 bridgehead atoms. The lowest BCUT2D eigenvalue weighted by Gasteiger charge is -2.46. The van der Waals surface area contributed by atoms with E-state index in [0.29, 0.717) is 0 Å². The van der Waals surface area contributed by atoms with Crippen LogP contribution in [0, 0.1) is 0 Å². The average Bonchev–Trinajstić information content (AvgIpc) is 2.71. The van der Waals surface area contributed by atoms with E-state index in [4.69, 9.17) is 18.9 Å². The molecule has 2 aliphatic rings. The SMILES string of the molecule is O[C@@H]1[C@@H](O)[C@@H](OCc2ccccc2)O[C@@H]2CO[C@H](c3ccccc3)O[C@@H]12. The van der Waals surface area contributed by atoms with Crippen LogP contribution in [0.2, 0.25) is 0 Å². The molecule has 0 spiro atoms. The molecule has 2 fully saturated rings. The van der Waals surface area contributed by atoms with Crippen molar-refractivity contribution in [2.45, 2.75) is 43.6 Å². The van der Waals surface area contributed by atoms with Crippen LogP contribution in [0.3, 0.4) is 0 Å². The zero-order valence-corrected chi connectivity index (χ0v) is 14.2. The van der Waals surface area contributed by atoms with Gasteiger partial charge in [0.2, 0.25) is 0 Å². The smallest absolute Gasteiger partial charge is 0.187 e. The summed E-state index contributed by atoms with van der Waals surface area (Å²) in [4.78, 5) is 0. The molecule has 138 valence electrons. The third kappa shape index (κ3) is 3.66. The molecule has 2 aromatic rings. The summed E-state index contributed by atoms with van der Waals surface area (Å²) in [6.45, 7) is 0.528. The number of aliphatic hydroxyl groups excluding tert-OH is 2. The fourth-order valence-corrected chi connectivity index (χ4v) is 3.25. The van der Waals surface area contributed by atoms with E-state index in [1.54, 1.807) is 0 Å². The second-order valence-electron chi connectivity index (χ2n) is 6.50. The molecule has 0 saturated carbocycles. The zero-order chi connectivity index (χ0) is 17.9. The van der Waals surface area contributed by atoms with Gasteiger partial charge in [0.25, 0.3) is 0 Å². The minimum Gasteiger partial charge on any atom is -0.387 e. The summed E-state index contributed by atoms with van der Waals surface area (Å²) in [6.07, 6.45) is -5.04. The first-order chi connectivity index (χ1) is 12.7. The summed E-state index contributed by atoms with van der Waals surface area (Å²) < 4.78 is 23.1. The second-order valence-corrected chi connectivity index (χ2v) is 6.50. The molecule has 0 aromatic heterocycles. The number of hydrogen-bond acceptors (Lipinski definition) is 6. The van der Waals surface area contributed by atoms with Crippen LogP contribution in [0.15, 0.2) is 60.7 Å². The minimum absolute atomic E-state index is 0.249. The maximum Gasteiger partial charge on any atom is 0.187 e. The highest BCUT2D eigenvalue weighted by Crippen LogP contribution is 2.34. The molecule has 0 radical (unpaired) electrons. The van der Waals surface area contributed by atoms with Gasteiger partial charge in [-0.2, -0.15) is 0 Å². The Morgan fingerprint density at radius 2 is 1.58 bits per heavy atom. The summed E-state index contributed by atoms with van der Waals surface area (Å²) in [6, 6.07) is 19.1. The average molecular weight is 358 g/mol. The van der Waals surface area contributed by atoms with E-state index in [-0.39, 0.29) is 13.2 Å². The van der Waals surface area contributed by atoms with E-state index in [9.17, 15) is 10.2 Å². The van der Waals surface area contributed by atoms with Gasteiger partial charge < -0.3 is 29.2 Å². The molecule has 2 saturated heterocycles. The van der Waals surface area contributed by atoms with Crippen molar-refractivity contribution >= 4 is 0 Å². The Hall–Kier alpha value is -1.80. The topological polar surface area (TPSA) is 77.4 Å². The Labute approximate surface area is 151 Å². The van der Waals surface area contributed by atoms with Crippen LogP contribution in [0.1, 0.15) is 17.4 Å². The maximum absolute atomic E-state index is 10.5. The number of benzene rings is 2. The van der Waals surface area contributed by atoms with Crippen LogP contribution in [0.25, 0.3) is 0 Å². The third-order valence-electron chi connectivity index (χ3n) is 4.66. The van der Waals surface area contributed by atoms with E-state index in [1.807, 2.05) is 60.7 Å². The monoisotopic (exact) mass is 358 g/mol. The van der Waals surface area contributed by atoms with Crippen molar-refractivity contribution in [3.05, 3.63) is 71.8 Å². The first-order valence-electron chi connectivity index (χ1n) is 8.71. The molecule has 4 rings (SSSR count). The second kappa shape index (κ2) is 7.84. The highest BCUT2D eigenvalue weighted by atomic mass is 16.8. The van der Waals surface area contributed by atoms with Crippen molar-refractivity contribution in [2.75, 3.05) is 6.61 Å². The molecule has 0 unspecified atom stereocenters. The summed E-state index contributed by atoms with van der Waals surface area (Å²) in [5.41, 5.74) is 1.82. The molecule has 0 amide bonds. The van der Waals surface area contributed by atoms with Gasteiger partial charge in [-0.1, -0.05) is 60.7 Å². The lowest BCUT2D eigenvalue weighted by molar-refractivity contribution is -0.362. The maximum atomic E-state index is 10.5. The Morgan fingerprint density at radius 1 is 0.885 bits per heavy atom. The quantitative estimate of drug-likeness (QED) is 0.867. The molecule has 26 heavy (non-hydrogen) atoms. The fraction of sp³-hybridized carbons (Fsp3) is 0.400. The van der Waals surface area contributed by atoms with E-state index in [2.05, 4.69) is 0 Å². The van der Waals surface area contributed by atoms with E-state index < -0.39 is 37.0 Å². The Bertz CT molecular complexity index is 692. The Balaban J connectivity index is 1.40. The molecular formula is C20H22O6. The van der Waals surface area contributed by atoms with Crippen molar-refractivity contribution in [2.24, 2.45) is 0 Å². The van der Waals surface area contributed by atoms with Gasteiger partial charge in [-0.3, -0.25) is 0 Å². The lowest BCUT2D eigenvalue weighted by Crippen LogP contribution is -2.62. The Kier molecular flexibility index (Phi) is 5.31. The predicted molar refractivity (Wildman–Crippen MR) is 91.9 cm³/mol. The van der Waals surface area contributed by atoms with Crippen molar-refractivity contribution < 1.29 is 29.2 Å². The number of ether oxygens (including phenoxy) is 4. The van der Waals surface area contributed by atoms with Gasteiger partial charge in [-0.05, 0) is 5.56 Å². The largest absolute Gasteiger partial charge is 0.387 e. The van der Waals surface area contributed by atoms with E-state index >= 15 is 0 Å². The van der Waals surface area contributed by atoms with Gasteiger partial charge in [-0.25, -0.2) is 0 Å². The van der Waals surface area contributed by atoms with Gasteiger partial charge in [0.15, 0.2) is 12.6 Å². The molecular weight excluding hydrogens is 336 g/mol. The molecule has 6 atom stereocenters. The summed E-state index contributed by atoms with van der Waals surface area (Å²) >= 11 is 0. The van der Waals surface area contributed by atoms with E-state index in [0.717, 1.165) is 11.1 Å². The number of fused-ring (bicyclic) bond motifs is 1. The van der Waals surface area contributed by atoms with Crippen LogP contribution >= 0.6 is 0 Å². The van der Waals surface area contributed by atoms with Gasteiger partial charge in [0.05, 0.1) is 13.2 Å². The molecule has 2 heterocycles. The van der Waals surface area contributed by atoms with Crippen LogP contribution < -0.4 is 0 Å². The normalized spacial score (nSPS) is 34.2. The number of hydrogen-bond donors (Lipinski definition) is 2. The van der Waals surface area contributed by atoms with Gasteiger partial charge in [-0.15, -0.1) is 0 Å². The van der Waals surface area contributed by atoms with Crippen molar-refractivity contribution in [3.8, 4) is 0 Å². The van der Waals surface area contributed by atoms with Crippen LogP contribution in [0.5, 0.6) is 0 Å². The van der Waals surface area contributed by atoms with Gasteiger partial charge >= 0.3 is 0 Å². The first kappa shape index (κ1) is 17.6. The number of rotatable bonds is 4. The summed E-state index contributed by atoms with van der Waals surface area (Å²) in [7, 11) is 0.